The molecular formula is C15H13ClN6. The van der Waals surface area contributed by atoms with Crippen LogP contribution in [0.25, 0.3) is 11.0 Å². The summed E-state index contributed by atoms with van der Waals surface area (Å²) in [6.07, 6.45) is 9.69. The summed E-state index contributed by atoms with van der Waals surface area (Å²) in [7, 11) is 0. The van der Waals surface area contributed by atoms with Gasteiger partial charge in [0.05, 0.1) is 11.9 Å². The Morgan fingerprint density at radius 2 is 2.32 bits per heavy atom. The summed E-state index contributed by atoms with van der Waals surface area (Å²) in [5.41, 5.74) is 1.86. The summed E-state index contributed by atoms with van der Waals surface area (Å²) < 4.78 is 1.86. The normalized spacial score (nSPS) is 14.2. The Morgan fingerprint density at radius 1 is 1.45 bits per heavy atom. The van der Waals surface area contributed by atoms with Crippen LogP contribution in [0.1, 0.15) is 24.5 Å². The van der Waals surface area contributed by atoms with Gasteiger partial charge < -0.3 is 9.88 Å². The maximum Gasteiger partial charge on any atom is 0.226 e. The number of hydrogen-bond acceptors (Lipinski definition) is 4. The number of nitrogens with zero attached hydrogens (tertiary/aromatic N) is 4. The quantitative estimate of drug-likeness (QED) is 0.574. The summed E-state index contributed by atoms with van der Waals surface area (Å²) in [4.78, 5) is 8.52. The highest BCUT2D eigenvalue weighted by atomic mass is 35.5. The Kier molecular flexibility index (Phi) is 3.01. The van der Waals surface area contributed by atoms with Gasteiger partial charge in [0.15, 0.2) is 5.82 Å². The van der Waals surface area contributed by atoms with Crippen molar-refractivity contribution in [2.24, 2.45) is 0 Å². The number of rotatable bonds is 4. The number of hydrogen-bond donors (Lipinski definition) is 2. The van der Waals surface area contributed by atoms with Crippen LogP contribution in [0.4, 0.5) is 11.6 Å². The van der Waals surface area contributed by atoms with Gasteiger partial charge in [0.25, 0.3) is 0 Å². The zero-order chi connectivity index (χ0) is 15.1. The Bertz CT molecular complexity index is 883. The third kappa shape index (κ3) is 2.30. The molecule has 3 aromatic heterocycles. The lowest BCUT2D eigenvalue weighted by molar-refractivity contribution is 0.869. The molecule has 4 rings (SSSR count). The van der Waals surface area contributed by atoms with E-state index in [4.69, 9.17) is 18.0 Å². The van der Waals surface area contributed by atoms with Gasteiger partial charge in [-0.05, 0) is 30.5 Å². The Balaban J connectivity index is 1.72. The van der Waals surface area contributed by atoms with Crippen LogP contribution < -0.4 is 5.32 Å². The number of nitrogens with one attached hydrogen (secondary N) is 2. The van der Waals surface area contributed by atoms with Gasteiger partial charge in [0.1, 0.15) is 11.5 Å². The minimum atomic E-state index is 0.171. The maximum atomic E-state index is 6.03. The second-order valence-corrected chi connectivity index (χ2v) is 5.67. The van der Waals surface area contributed by atoms with Gasteiger partial charge in [-0.1, -0.05) is 5.92 Å². The minimum Gasteiger partial charge on any atom is -0.323 e. The lowest BCUT2D eigenvalue weighted by Crippen LogP contribution is -2.00. The van der Waals surface area contributed by atoms with Crippen molar-refractivity contribution in [1.29, 1.82) is 0 Å². The van der Waals surface area contributed by atoms with Crippen LogP contribution in [0, 0.1) is 12.3 Å². The average Bonchev–Trinajstić information content (AvgIpc) is 3.12. The second kappa shape index (κ2) is 5.04. The molecule has 0 amide bonds. The smallest absolute Gasteiger partial charge is 0.226 e. The van der Waals surface area contributed by atoms with E-state index in [2.05, 4.69) is 31.4 Å². The van der Waals surface area contributed by atoms with Crippen LogP contribution in [0.3, 0.4) is 0 Å². The molecule has 0 radical (unpaired) electrons. The van der Waals surface area contributed by atoms with E-state index in [9.17, 15) is 0 Å². The summed E-state index contributed by atoms with van der Waals surface area (Å²) >= 11 is 6.03. The SMILES string of the molecule is C#CCn1ccc2c(Nc3cc(C4CC4)[nH]n3)nc(Cl)nc21. The fourth-order valence-corrected chi connectivity index (χ4v) is 2.65. The van der Waals surface area contributed by atoms with Crippen molar-refractivity contribution < 1.29 is 0 Å². The summed E-state index contributed by atoms with van der Waals surface area (Å²) in [6, 6.07) is 3.93. The van der Waals surface area contributed by atoms with Crippen molar-refractivity contribution in [3.63, 3.8) is 0 Å². The van der Waals surface area contributed by atoms with Gasteiger partial charge in [-0.2, -0.15) is 15.1 Å². The number of terminal acetylenes is 1. The first-order valence-electron chi connectivity index (χ1n) is 7.03. The molecule has 1 fully saturated rings. The van der Waals surface area contributed by atoms with E-state index in [1.54, 1.807) is 0 Å². The average molecular weight is 313 g/mol. The fourth-order valence-electron chi connectivity index (χ4n) is 2.49. The molecule has 0 unspecified atom stereocenters. The third-order valence-corrected chi connectivity index (χ3v) is 3.88. The number of anilines is 2. The molecule has 0 atom stereocenters. The molecular weight excluding hydrogens is 300 g/mol. The van der Waals surface area contributed by atoms with Gasteiger partial charge in [0.2, 0.25) is 5.28 Å². The molecule has 7 heteroatoms. The van der Waals surface area contributed by atoms with E-state index in [-0.39, 0.29) is 5.28 Å². The second-order valence-electron chi connectivity index (χ2n) is 5.33. The molecule has 0 saturated heterocycles. The van der Waals surface area contributed by atoms with Gasteiger partial charge in [0, 0.05) is 23.9 Å². The number of aromatic nitrogens is 5. The number of halogens is 1. The summed E-state index contributed by atoms with van der Waals surface area (Å²) in [6.45, 7) is 0.435. The van der Waals surface area contributed by atoms with E-state index in [1.807, 2.05) is 22.9 Å². The van der Waals surface area contributed by atoms with Crippen molar-refractivity contribution >= 4 is 34.3 Å². The lowest BCUT2D eigenvalue weighted by atomic mass is 10.3. The molecule has 1 saturated carbocycles. The Hall–Kier alpha value is -2.52. The van der Waals surface area contributed by atoms with Crippen molar-refractivity contribution in [3.05, 3.63) is 29.3 Å². The maximum absolute atomic E-state index is 6.03. The fraction of sp³-hybridized carbons (Fsp3) is 0.267. The van der Waals surface area contributed by atoms with Crippen LogP contribution in [0.5, 0.6) is 0 Å². The molecule has 2 N–H and O–H groups in total. The van der Waals surface area contributed by atoms with Crippen LogP contribution in [-0.2, 0) is 6.54 Å². The van der Waals surface area contributed by atoms with Crippen molar-refractivity contribution in [1.82, 2.24) is 24.7 Å². The van der Waals surface area contributed by atoms with Crippen molar-refractivity contribution in [2.45, 2.75) is 25.3 Å². The van der Waals surface area contributed by atoms with Crippen molar-refractivity contribution in [3.8, 4) is 12.3 Å². The highest BCUT2D eigenvalue weighted by molar-refractivity contribution is 6.28. The van der Waals surface area contributed by atoms with Gasteiger partial charge in [-0.25, -0.2) is 0 Å². The summed E-state index contributed by atoms with van der Waals surface area (Å²) in [5, 5.41) is 11.6. The first-order valence-corrected chi connectivity index (χ1v) is 7.40. The number of aromatic amines is 1. The predicted molar refractivity (Wildman–Crippen MR) is 85.2 cm³/mol. The largest absolute Gasteiger partial charge is 0.323 e. The van der Waals surface area contributed by atoms with Crippen LogP contribution in [0.15, 0.2) is 18.3 Å². The van der Waals surface area contributed by atoms with Gasteiger partial charge in [-0.15, -0.1) is 6.42 Å². The standard InChI is InChI=1S/C15H13ClN6/c1-2-6-22-7-5-10-13(18-15(16)19-14(10)22)17-12-8-11(20-21-12)9-3-4-9/h1,5,7-9H,3-4,6H2,(H2,17,18,19,20,21). The van der Waals surface area contributed by atoms with Crippen molar-refractivity contribution in [2.75, 3.05) is 5.32 Å². The van der Waals surface area contributed by atoms with Crippen LogP contribution in [0.2, 0.25) is 5.28 Å². The number of H-pyrrole nitrogens is 1. The lowest BCUT2D eigenvalue weighted by Gasteiger charge is -2.05. The predicted octanol–water partition coefficient (Wildman–Crippen LogP) is 3.06. The van der Waals surface area contributed by atoms with Gasteiger partial charge >= 0.3 is 0 Å². The topological polar surface area (TPSA) is 71.4 Å². The van der Waals surface area contributed by atoms with E-state index < -0.39 is 0 Å². The molecule has 1 aliphatic rings. The van der Waals surface area contributed by atoms with Crippen LogP contribution in [-0.4, -0.2) is 24.7 Å². The molecule has 110 valence electrons. The zero-order valence-corrected chi connectivity index (χ0v) is 12.4. The molecule has 6 nitrogen and oxygen atoms in total. The van der Waals surface area contributed by atoms with E-state index in [0.29, 0.717) is 23.9 Å². The summed E-state index contributed by atoms with van der Waals surface area (Å²) in [5.74, 6) is 4.56. The molecule has 1 aliphatic carbocycles. The first kappa shape index (κ1) is 13.2. The first-order chi connectivity index (χ1) is 10.7. The zero-order valence-electron chi connectivity index (χ0n) is 11.7. The molecule has 0 spiro atoms. The molecule has 0 aromatic carbocycles. The Labute approximate surface area is 131 Å². The number of fused-ring (bicyclic) bond motifs is 1. The van der Waals surface area contributed by atoms with Crippen LogP contribution >= 0.6 is 11.6 Å². The molecule has 22 heavy (non-hydrogen) atoms. The highest BCUT2D eigenvalue weighted by Crippen LogP contribution is 2.39. The minimum absolute atomic E-state index is 0.171. The monoisotopic (exact) mass is 312 g/mol. The molecule has 0 aliphatic heterocycles. The van der Waals surface area contributed by atoms with E-state index >= 15 is 0 Å². The molecule has 3 aromatic rings. The third-order valence-electron chi connectivity index (χ3n) is 3.71. The Morgan fingerprint density at radius 3 is 3.09 bits per heavy atom. The van der Waals surface area contributed by atoms with E-state index in [0.717, 1.165) is 16.9 Å². The van der Waals surface area contributed by atoms with E-state index in [1.165, 1.54) is 12.8 Å². The molecule has 3 heterocycles. The highest BCUT2D eigenvalue weighted by Gasteiger charge is 2.25. The van der Waals surface area contributed by atoms with Gasteiger partial charge in [-0.3, -0.25) is 5.10 Å². The molecule has 0 bridgehead atoms.